The molecule has 1 atom stereocenters. The minimum absolute atomic E-state index is 0.0975. The first-order chi connectivity index (χ1) is 11.5. The van der Waals surface area contributed by atoms with Gasteiger partial charge < -0.3 is 19.3 Å². The van der Waals surface area contributed by atoms with E-state index in [0.717, 1.165) is 36.0 Å². The molecule has 0 spiro atoms. The molecule has 6 nitrogen and oxygen atoms in total. The van der Waals surface area contributed by atoms with Crippen molar-refractivity contribution in [3.8, 4) is 0 Å². The van der Waals surface area contributed by atoms with E-state index in [1.165, 1.54) is 0 Å². The Hall–Kier alpha value is -2.50. The monoisotopic (exact) mass is 330 g/mol. The number of aryl methyl sites for hydroxylation is 1. The number of carbonyl (C=O) groups excluding carboxylic acids is 1. The summed E-state index contributed by atoms with van der Waals surface area (Å²) in [6.45, 7) is 3.76. The quantitative estimate of drug-likeness (QED) is 0.873. The van der Waals surface area contributed by atoms with Crippen LogP contribution in [0, 0.1) is 5.92 Å². The third-order valence-corrected chi connectivity index (χ3v) is 4.65. The van der Waals surface area contributed by atoms with Gasteiger partial charge in [-0.2, -0.15) is 0 Å². The number of anilines is 1. The highest BCUT2D eigenvalue weighted by Crippen LogP contribution is 2.28. The van der Waals surface area contributed by atoms with E-state index in [2.05, 4.69) is 4.90 Å². The van der Waals surface area contributed by atoms with E-state index in [1.807, 2.05) is 25.1 Å². The fraction of sp³-hybridized carbons (Fsp3) is 0.444. The maximum atomic E-state index is 12.0. The maximum Gasteiger partial charge on any atom is 0.352 e. The van der Waals surface area contributed by atoms with Gasteiger partial charge in [-0.25, -0.2) is 4.79 Å². The number of ether oxygens (including phenoxy) is 1. The first kappa shape index (κ1) is 16.4. The van der Waals surface area contributed by atoms with Crippen LogP contribution in [0.25, 0.3) is 10.9 Å². The number of rotatable bonds is 4. The summed E-state index contributed by atoms with van der Waals surface area (Å²) in [6, 6.07) is 7.61. The van der Waals surface area contributed by atoms with Crippen molar-refractivity contribution in [3.05, 3.63) is 30.0 Å². The standard InChI is InChI=1S/C18H22N2O4/c1-3-24-18(23)12-5-4-8-20(11-12)14-6-7-15-13(9-14)10-16(17(21)22)19(15)2/h6-7,9-10,12H,3-5,8,11H2,1-2H3,(H,21,22). The van der Waals surface area contributed by atoms with Crippen molar-refractivity contribution in [1.29, 1.82) is 0 Å². The van der Waals surface area contributed by atoms with Gasteiger partial charge in [-0.15, -0.1) is 0 Å². The minimum atomic E-state index is -0.935. The van der Waals surface area contributed by atoms with Crippen molar-refractivity contribution in [2.24, 2.45) is 13.0 Å². The lowest BCUT2D eigenvalue weighted by molar-refractivity contribution is -0.148. The summed E-state index contributed by atoms with van der Waals surface area (Å²) >= 11 is 0. The molecule has 0 saturated carbocycles. The summed E-state index contributed by atoms with van der Waals surface area (Å²) < 4.78 is 6.83. The lowest BCUT2D eigenvalue weighted by Gasteiger charge is -2.33. The van der Waals surface area contributed by atoms with Gasteiger partial charge in [0.05, 0.1) is 12.5 Å². The van der Waals surface area contributed by atoms with E-state index in [1.54, 1.807) is 17.7 Å². The minimum Gasteiger partial charge on any atom is -0.477 e. The summed E-state index contributed by atoms with van der Waals surface area (Å²) in [5.74, 6) is -1.16. The Morgan fingerprint density at radius 3 is 2.83 bits per heavy atom. The van der Waals surface area contributed by atoms with Gasteiger partial charge >= 0.3 is 11.9 Å². The highest BCUT2D eigenvalue weighted by Gasteiger charge is 2.27. The lowest BCUT2D eigenvalue weighted by atomic mass is 9.97. The highest BCUT2D eigenvalue weighted by molar-refractivity contribution is 5.95. The molecule has 24 heavy (non-hydrogen) atoms. The molecular weight excluding hydrogens is 308 g/mol. The third-order valence-electron chi connectivity index (χ3n) is 4.65. The number of carbonyl (C=O) groups is 2. The van der Waals surface area contributed by atoms with Crippen molar-refractivity contribution < 1.29 is 19.4 Å². The predicted molar refractivity (Wildman–Crippen MR) is 91.4 cm³/mol. The molecule has 1 aromatic carbocycles. The second-order valence-electron chi connectivity index (χ2n) is 6.17. The van der Waals surface area contributed by atoms with Crippen molar-refractivity contribution in [2.75, 3.05) is 24.6 Å². The van der Waals surface area contributed by atoms with Gasteiger partial charge in [0.2, 0.25) is 0 Å². The normalized spacial score (nSPS) is 17.9. The van der Waals surface area contributed by atoms with Crippen LogP contribution in [0.2, 0.25) is 0 Å². The molecular formula is C18H22N2O4. The van der Waals surface area contributed by atoms with E-state index in [4.69, 9.17) is 4.74 Å². The van der Waals surface area contributed by atoms with Gasteiger partial charge in [-0.05, 0) is 44.0 Å². The van der Waals surface area contributed by atoms with Crippen LogP contribution in [0.1, 0.15) is 30.3 Å². The number of piperidine rings is 1. The molecule has 2 aromatic rings. The number of hydrogen-bond acceptors (Lipinski definition) is 4. The fourth-order valence-corrected chi connectivity index (χ4v) is 3.40. The molecule has 0 bridgehead atoms. The predicted octanol–water partition coefficient (Wildman–Crippen LogP) is 2.66. The first-order valence-corrected chi connectivity index (χ1v) is 8.25. The third kappa shape index (κ3) is 2.96. The Kier molecular flexibility index (Phi) is 4.46. The molecule has 128 valence electrons. The molecule has 0 amide bonds. The number of benzene rings is 1. The average molecular weight is 330 g/mol. The van der Waals surface area contributed by atoms with E-state index in [9.17, 15) is 14.7 Å². The van der Waals surface area contributed by atoms with Crippen LogP contribution in [0.15, 0.2) is 24.3 Å². The Balaban J connectivity index is 1.86. The number of esters is 1. The number of carboxylic acid groups (broad SMARTS) is 1. The van der Waals surface area contributed by atoms with Gasteiger partial charge in [0, 0.05) is 36.7 Å². The molecule has 1 aromatic heterocycles. The number of aromatic nitrogens is 1. The number of fused-ring (bicyclic) bond motifs is 1. The number of hydrogen-bond donors (Lipinski definition) is 1. The Bertz CT molecular complexity index is 781. The van der Waals surface area contributed by atoms with E-state index < -0.39 is 5.97 Å². The summed E-state index contributed by atoms with van der Waals surface area (Å²) in [7, 11) is 1.75. The fourth-order valence-electron chi connectivity index (χ4n) is 3.40. The van der Waals surface area contributed by atoms with Crippen LogP contribution < -0.4 is 4.90 Å². The zero-order chi connectivity index (χ0) is 17.3. The van der Waals surface area contributed by atoms with Crippen molar-refractivity contribution >= 4 is 28.5 Å². The van der Waals surface area contributed by atoms with Crippen molar-refractivity contribution in [3.63, 3.8) is 0 Å². The molecule has 2 heterocycles. The van der Waals surface area contributed by atoms with Crippen LogP contribution in [0.3, 0.4) is 0 Å². The molecule has 0 radical (unpaired) electrons. The topological polar surface area (TPSA) is 71.8 Å². The second kappa shape index (κ2) is 6.55. The zero-order valence-electron chi connectivity index (χ0n) is 14.0. The number of aromatic carboxylic acids is 1. The molecule has 1 aliphatic rings. The summed E-state index contributed by atoms with van der Waals surface area (Å²) in [5.41, 5.74) is 2.17. The SMILES string of the molecule is CCOC(=O)C1CCCN(c2ccc3c(c2)cc(C(=O)O)n3C)C1. The van der Waals surface area contributed by atoms with Gasteiger partial charge in [0.25, 0.3) is 0 Å². The number of nitrogens with zero attached hydrogens (tertiary/aromatic N) is 2. The molecule has 1 saturated heterocycles. The van der Waals surface area contributed by atoms with Crippen molar-refractivity contribution in [2.45, 2.75) is 19.8 Å². The van der Waals surface area contributed by atoms with E-state index in [0.29, 0.717) is 13.2 Å². The summed E-state index contributed by atoms with van der Waals surface area (Å²) in [5, 5.41) is 10.1. The van der Waals surface area contributed by atoms with Crippen LogP contribution >= 0.6 is 0 Å². The first-order valence-electron chi connectivity index (χ1n) is 8.25. The Morgan fingerprint density at radius 2 is 2.12 bits per heavy atom. The second-order valence-corrected chi connectivity index (χ2v) is 6.17. The average Bonchev–Trinajstić information content (AvgIpc) is 2.92. The van der Waals surface area contributed by atoms with Gasteiger partial charge in [-0.1, -0.05) is 0 Å². The molecule has 0 aliphatic carbocycles. The lowest BCUT2D eigenvalue weighted by Crippen LogP contribution is -2.39. The summed E-state index contributed by atoms with van der Waals surface area (Å²) in [4.78, 5) is 25.4. The van der Waals surface area contributed by atoms with E-state index >= 15 is 0 Å². The summed E-state index contributed by atoms with van der Waals surface area (Å²) in [6.07, 6.45) is 1.79. The highest BCUT2D eigenvalue weighted by atomic mass is 16.5. The van der Waals surface area contributed by atoms with Crippen LogP contribution in [0.5, 0.6) is 0 Å². The number of carboxylic acids is 1. The van der Waals surface area contributed by atoms with Gasteiger partial charge in [0.1, 0.15) is 5.69 Å². The smallest absolute Gasteiger partial charge is 0.352 e. The Labute approximate surface area is 140 Å². The van der Waals surface area contributed by atoms with Crippen LogP contribution in [-0.2, 0) is 16.6 Å². The largest absolute Gasteiger partial charge is 0.477 e. The van der Waals surface area contributed by atoms with Crippen molar-refractivity contribution in [1.82, 2.24) is 4.57 Å². The zero-order valence-corrected chi connectivity index (χ0v) is 14.0. The molecule has 1 unspecified atom stereocenters. The van der Waals surface area contributed by atoms with E-state index in [-0.39, 0.29) is 17.6 Å². The molecule has 3 rings (SSSR count). The molecule has 1 fully saturated rings. The van der Waals surface area contributed by atoms with Gasteiger partial charge in [0.15, 0.2) is 0 Å². The Morgan fingerprint density at radius 1 is 1.33 bits per heavy atom. The maximum absolute atomic E-state index is 12.0. The molecule has 1 N–H and O–H groups in total. The van der Waals surface area contributed by atoms with Crippen LogP contribution in [0.4, 0.5) is 5.69 Å². The van der Waals surface area contributed by atoms with Gasteiger partial charge in [-0.3, -0.25) is 4.79 Å². The molecule has 1 aliphatic heterocycles. The molecule has 6 heteroatoms. The van der Waals surface area contributed by atoms with Crippen LogP contribution in [-0.4, -0.2) is 41.3 Å².